The van der Waals surface area contributed by atoms with Gasteiger partial charge in [-0.1, -0.05) is 46.7 Å². The van der Waals surface area contributed by atoms with Crippen LogP contribution in [0.4, 0.5) is 0 Å². The van der Waals surface area contributed by atoms with Crippen molar-refractivity contribution in [1.82, 2.24) is 0 Å². The van der Waals surface area contributed by atoms with Gasteiger partial charge in [-0.05, 0) is 73.1 Å². The van der Waals surface area contributed by atoms with Crippen LogP contribution in [-0.4, -0.2) is 57.2 Å². The highest BCUT2D eigenvalue weighted by atomic mass is 33.1. The minimum absolute atomic E-state index is 0.366. The molecule has 2 aromatic carbocycles. The van der Waals surface area contributed by atoms with Crippen molar-refractivity contribution in [3.05, 3.63) is 48.0 Å². The van der Waals surface area contributed by atoms with Crippen LogP contribution >= 0.6 is 68.6 Å². The Hall–Kier alpha value is 0.140. The van der Waals surface area contributed by atoms with Crippen LogP contribution in [0.1, 0.15) is 25.3 Å². The summed E-state index contributed by atoms with van der Waals surface area (Å²) in [7, 11) is 4.05. The van der Waals surface area contributed by atoms with Crippen molar-refractivity contribution in [3.63, 3.8) is 0 Å². The van der Waals surface area contributed by atoms with Crippen molar-refractivity contribution < 1.29 is 10.2 Å². The first-order chi connectivity index (χ1) is 15.6. The fourth-order valence-electron chi connectivity index (χ4n) is 2.54. The van der Waals surface area contributed by atoms with Gasteiger partial charge in [0.15, 0.2) is 0 Å². The van der Waals surface area contributed by atoms with Crippen molar-refractivity contribution >= 4 is 68.6 Å². The smallest absolute Gasteiger partial charge is 0.129 e. The fourth-order valence-corrected chi connectivity index (χ4v) is 8.28. The lowest BCUT2D eigenvalue weighted by Gasteiger charge is -2.06. The highest BCUT2D eigenvalue weighted by molar-refractivity contribution is 8.76. The zero-order valence-electron chi connectivity index (χ0n) is 19.2. The van der Waals surface area contributed by atoms with Gasteiger partial charge >= 0.3 is 0 Å². The summed E-state index contributed by atoms with van der Waals surface area (Å²) in [5, 5.41) is 18.8. The Bertz CT molecular complexity index is 729. The van der Waals surface area contributed by atoms with E-state index in [-0.39, 0.29) is 0 Å². The highest BCUT2D eigenvalue weighted by Crippen LogP contribution is 2.28. The fraction of sp³-hybridized carbons (Fsp3) is 0.500. The topological polar surface area (TPSA) is 40.5 Å². The SMILES string of the molecule is CCCSCCSSCCSCCCc1ccc(O)c(SC)c1.CSc1ccccc1O. The van der Waals surface area contributed by atoms with Gasteiger partial charge in [0.25, 0.3) is 0 Å². The molecule has 8 heteroatoms. The number of rotatable bonds is 15. The van der Waals surface area contributed by atoms with Crippen LogP contribution in [0, 0.1) is 0 Å². The molecule has 2 aromatic rings. The summed E-state index contributed by atoms with van der Waals surface area (Å²) < 4.78 is 0. The van der Waals surface area contributed by atoms with Gasteiger partial charge in [0.1, 0.15) is 11.5 Å². The minimum atomic E-state index is 0.366. The Morgan fingerprint density at radius 2 is 1.31 bits per heavy atom. The predicted octanol–water partition coefficient (Wildman–Crippen LogP) is 8.42. The van der Waals surface area contributed by atoms with Crippen LogP contribution in [0.15, 0.2) is 52.3 Å². The summed E-state index contributed by atoms with van der Waals surface area (Å²) in [6, 6.07) is 13.3. The molecule has 2 rings (SSSR count). The number of hydrogen-bond acceptors (Lipinski definition) is 8. The molecule has 0 bridgehead atoms. The molecule has 0 saturated carbocycles. The number of aryl methyl sites for hydroxylation is 1. The first kappa shape index (κ1) is 30.2. The first-order valence-electron chi connectivity index (χ1n) is 10.7. The number of para-hydroxylation sites is 1. The Morgan fingerprint density at radius 1 is 0.688 bits per heavy atom. The average Bonchev–Trinajstić information content (AvgIpc) is 2.81. The first-order valence-corrected chi connectivity index (χ1v) is 17.9. The molecule has 0 fully saturated rings. The third kappa shape index (κ3) is 14.4. The normalized spacial score (nSPS) is 10.6. The maximum atomic E-state index is 9.68. The third-order valence-electron chi connectivity index (χ3n) is 4.14. The molecule has 0 saturated heterocycles. The van der Waals surface area contributed by atoms with E-state index in [1.54, 1.807) is 29.6 Å². The summed E-state index contributed by atoms with van der Waals surface area (Å²) in [5.74, 6) is 8.38. The van der Waals surface area contributed by atoms with Gasteiger partial charge in [-0.3, -0.25) is 0 Å². The molecule has 0 aromatic heterocycles. The van der Waals surface area contributed by atoms with Gasteiger partial charge in [0.2, 0.25) is 0 Å². The molecule has 0 radical (unpaired) electrons. The van der Waals surface area contributed by atoms with Gasteiger partial charge in [-0.15, -0.1) is 23.5 Å². The van der Waals surface area contributed by atoms with Crippen LogP contribution in [0.2, 0.25) is 0 Å². The van der Waals surface area contributed by atoms with Crippen LogP contribution in [0.3, 0.4) is 0 Å². The third-order valence-corrected chi connectivity index (χ3v) is 10.9. The summed E-state index contributed by atoms with van der Waals surface area (Å²) in [6.45, 7) is 2.25. The van der Waals surface area contributed by atoms with E-state index in [2.05, 4.69) is 36.5 Å². The van der Waals surface area contributed by atoms with Gasteiger partial charge < -0.3 is 10.2 Å². The zero-order valence-corrected chi connectivity index (χ0v) is 24.1. The van der Waals surface area contributed by atoms with E-state index in [0.717, 1.165) is 16.2 Å². The second kappa shape index (κ2) is 20.5. The van der Waals surface area contributed by atoms with Gasteiger partial charge in [0.05, 0.1) is 0 Å². The number of phenolic OH excluding ortho intramolecular Hbond substituents is 2. The lowest BCUT2D eigenvalue weighted by Crippen LogP contribution is -1.91. The largest absolute Gasteiger partial charge is 0.507 e. The summed E-state index contributed by atoms with van der Waals surface area (Å²) >= 11 is 7.29. The molecule has 0 aliphatic rings. The maximum absolute atomic E-state index is 9.68. The Morgan fingerprint density at radius 3 is 1.91 bits per heavy atom. The average molecular weight is 549 g/mol. The van der Waals surface area contributed by atoms with E-state index >= 15 is 0 Å². The molecule has 0 spiro atoms. The van der Waals surface area contributed by atoms with Gasteiger partial charge in [-0.25, -0.2) is 0 Å². The van der Waals surface area contributed by atoms with E-state index in [0.29, 0.717) is 11.5 Å². The molecule has 2 N–H and O–H groups in total. The molecular weight excluding hydrogens is 513 g/mol. The van der Waals surface area contributed by atoms with Crippen molar-refractivity contribution in [2.24, 2.45) is 0 Å². The lowest BCUT2D eigenvalue weighted by molar-refractivity contribution is 0.461. The quantitative estimate of drug-likeness (QED) is 0.131. The summed E-state index contributed by atoms with van der Waals surface area (Å²) in [4.78, 5) is 1.91. The predicted molar refractivity (Wildman–Crippen MR) is 158 cm³/mol. The minimum Gasteiger partial charge on any atom is -0.507 e. The van der Waals surface area contributed by atoms with Crippen molar-refractivity contribution in [1.29, 1.82) is 0 Å². The number of aromatic hydroxyl groups is 2. The zero-order chi connectivity index (χ0) is 23.4. The molecule has 0 heterocycles. The van der Waals surface area contributed by atoms with Crippen LogP contribution in [0.25, 0.3) is 0 Å². The number of thioether (sulfide) groups is 4. The monoisotopic (exact) mass is 548 g/mol. The van der Waals surface area contributed by atoms with Crippen LogP contribution < -0.4 is 0 Å². The molecule has 2 nitrogen and oxygen atoms in total. The van der Waals surface area contributed by atoms with Crippen molar-refractivity contribution in [2.75, 3.05) is 47.0 Å². The Kier molecular flexibility index (Phi) is 19.3. The Labute approximate surface area is 220 Å². The number of hydrogen-bond donors (Lipinski definition) is 2. The molecule has 180 valence electrons. The highest BCUT2D eigenvalue weighted by Gasteiger charge is 2.02. The van der Waals surface area contributed by atoms with E-state index in [9.17, 15) is 5.11 Å². The molecule has 32 heavy (non-hydrogen) atoms. The van der Waals surface area contributed by atoms with Gasteiger partial charge in [-0.2, -0.15) is 23.5 Å². The second-order valence-corrected chi connectivity index (χ2v) is 13.5. The van der Waals surface area contributed by atoms with Crippen LogP contribution in [0.5, 0.6) is 11.5 Å². The van der Waals surface area contributed by atoms with Crippen LogP contribution in [-0.2, 0) is 6.42 Å². The Balaban J connectivity index is 0.000000471. The standard InChI is InChI=1S/C17H28OS5.C7H8OS/c1-3-8-20-10-12-22-23-13-11-21-9-4-5-15-6-7-16(18)17(14-15)19-2;1-9-7-5-3-2-4-6(7)8/h6-7,14,18H,3-5,8-13H2,1-2H3;2-5,8H,1H3. The van der Waals surface area contributed by atoms with E-state index in [1.165, 1.54) is 52.9 Å². The van der Waals surface area contributed by atoms with E-state index in [1.807, 2.05) is 64.4 Å². The number of benzene rings is 2. The van der Waals surface area contributed by atoms with Crippen molar-refractivity contribution in [2.45, 2.75) is 36.0 Å². The molecule has 0 aliphatic heterocycles. The van der Waals surface area contributed by atoms with Gasteiger partial charge in [0, 0.05) is 32.8 Å². The molecule has 0 amide bonds. The maximum Gasteiger partial charge on any atom is 0.129 e. The van der Waals surface area contributed by atoms with E-state index < -0.39 is 0 Å². The molecular formula is C24H36O2S6. The summed E-state index contributed by atoms with van der Waals surface area (Å²) in [6.07, 6.45) is 7.57. The van der Waals surface area contributed by atoms with E-state index in [4.69, 9.17) is 5.11 Å². The lowest BCUT2D eigenvalue weighted by atomic mass is 10.1. The van der Waals surface area contributed by atoms with Crippen molar-refractivity contribution in [3.8, 4) is 11.5 Å². The second-order valence-electron chi connectivity index (χ2n) is 6.65. The summed E-state index contributed by atoms with van der Waals surface area (Å²) in [5.41, 5.74) is 1.34. The number of phenols is 2. The molecule has 0 atom stereocenters. The molecule has 0 unspecified atom stereocenters. The molecule has 0 aliphatic carbocycles.